The SMILES string of the molecule is Cc1nc(Cc2nnc(SCC(=O)N3N=C(c4ccc(Cl)cc4)C[C@H]3c3ccco3)o2)cs1. The van der Waals surface area contributed by atoms with Crippen molar-refractivity contribution in [2.45, 2.75) is 31.0 Å². The number of thiazole rings is 1. The molecule has 0 spiro atoms. The molecule has 0 aliphatic carbocycles. The summed E-state index contributed by atoms with van der Waals surface area (Å²) >= 11 is 8.77. The lowest BCUT2D eigenvalue weighted by Gasteiger charge is -2.19. The molecule has 0 saturated heterocycles. The van der Waals surface area contributed by atoms with E-state index in [1.54, 1.807) is 23.7 Å². The summed E-state index contributed by atoms with van der Waals surface area (Å²) < 4.78 is 11.3. The van der Waals surface area contributed by atoms with Gasteiger partial charge >= 0.3 is 0 Å². The molecule has 3 aromatic heterocycles. The molecule has 0 radical (unpaired) electrons. The van der Waals surface area contributed by atoms with Crippen LogP contribution in [0.4, 0.5) is 0 Å². The normalized spacial score (nSPS) is 15.8. The zero-order valence-corrected chi connectivity index (χ0v) is 19.9. The molecule has 11 heteroatoms. The fourth-order valence-corrected chi connectivity index (χ4v) is 4.83. The molecule has 0 N–H and O–H groups in total. The number of hydrogen-bond donors (Lipinski definition) is 0. The minimum absolute atomic E-state index is 0.103. The van der Waals surface area contributed by atoms with Crippen molar-refractivity contribution in [2.75, 3.05) is 5.75 Å². The summed E-state index contributed by atoms with van der Waals surface area (Å²) in [6.45, 7) is 1.95. The largest absolute Gasteiger partial charge is 0.467 e. The smallest absolute Gasteiger partial charge is 0.277 e. The standard InChI is InChI=1S/C22H18ClN5O3S2/c1-13-24-16(11-32-13)9-20-25-26-22(31-20)33-12-21(29)28-18(19-3-2-8-30-19)10-17(27-28)14-4-6-15(23)7-5-14/h2-8,11,18H,9-10,12H2,1H3/t18-/m0/s1. The van der Waals surface area contributed by atoms with E-state index in [9.17, 15) is 4.79 Å². The number of benzene rings is 1. The number of hydrazone groups is 1. The Labute approximate surface area is 202 Å². The van der Waals surface area contributed by atoms with E-state index in [4.69, 9.17) is 20.4 Å². The summed E-state index contributed by atoms with van der Waals surface area (Å²) in [6.07, 6.45) is 2.60. The van der Waals surface area contributed by atoms with Gasteiger partial charge in [-0.1, -0.05) is 35.5 Å². The molecular weight excluding hydrogens is 482 g/mol. The Balaban J connectivity index is 1.28. The van der Waals surface area contributed by atoms with E-state index in [1.807, 2.05) is 42.6 Å². The number of hydrogen-bond acceptors (Lipinski definition) is 9. The Morgan fingerprint density at radius 3 is 2.85 bits per heavy atom. The zero-order chi connectivity index (χ0) is 22.8. The van der Waals surface area contributed by atoms with E-state index >= 15 is 0 Å². The van der Waals surface area contributed by atoms with Gasteiger partial charge in [-0.05, 0) is 36.8 Å². The Morgan fingerprint density at radius 1 is 1.27 bits per heavy atom. The molecular formula is C22H18ClN5O3S2. The molecule has 1 aliphatic heterocycles. The van der Waals surface area contributed by atoms with Gasteiger partial charge in [-0.15, -0.1) is 21.5 Å². The monoisotopic (exact) mass is 499 g/mol. The van der Waals surface area contributed by atoms with Crippen LogP contribution in [0.3, 0.4) is 0 Å². The van der Waals surface area contributed by atoms with Crippen LogP contribution in [0.1, 0.15) is 40.4 Å². The maximum absolute atomic E-state index is 13.1. The molecule has 4 aromatic rings. The third kappa shape index (κ3) is 5.02. The fraction of sp³-hybridized carbons (Fsp3) is 0.227. The number of rotatable bonds is 7. The topological polar surface area (TPSA) is 97.6 Å². The molecule has 1 amide bonds. The van der Waals surface area contributed by atoms with Gasteiger partial charge in [0.15, 0.2) is 0 Å². The number of carbonyl (C=O) groups is 1. The quantitative estimate of drug-likeness (QED) is 0.324. The van der Waals surface area contributed by atoms with Gasteiger partial charge in [-0.2, -0.15) is 5.10 Å². The number of nitrogens with zero attached hydrogens (tertiary/aromatic N) is 5. The Morgan fingerprint density at radius 2 is 2.12 bits per heavy atom. The number of furan rings is 1. The third-order valence-corrected chi connectivity index (χ3v) is 6.86. The summed E-state index contributed by atoms with van der Waals surface area (Å²) in [4.78, 5) is 17.5. The van der Waals surface area contributed by atoms with E-state index in [2.05, 4.69) is 20.3 Å². The summed E-state index contributed by atoms with van der Waals surface area (Å²) in [5.41, 5.74) is 2.60. The lowest BCUT2D eigenvalue weighted by Crippen LogP contribution is -2.28. The van der Waals surface area contributed by atoms with Gasteiger partial charge in [0.25, 0.3) is 11.1 Å². The van der Waals surface area contributed by atoms with Crippen molar-refractivity contribution in [3.05, 3.63) is 81.0 Å². The summed E-state index contributed by atoms with van der Waals surface area (Å²) in [6, 6.07) is 10.7. The Bertz CT molecular complexity index is 1280. The van der Waals surface area contributed by atoms with Crippen molar-refractivity contribution in [3.63, 3.8) is 0 Å². The number of aryl methyl sites for hydroxylation is 1. The van der Waals surface area contributed by atoms with Crippen LogP contribution in [-0.2, 0) is 11.2 Å². The molecule has 5 rings (SSSR count). The van der Waals surface area contributed by atoms with Crippen LogP contribution >= 0.6 is 34.7 Å². The molecule has 0 bridgehead atoms. The number of aromatic nitrogens is 3. The molecule has 1 atom stereocenters. The van der Waals surface area contributed by atoms with Gasteiger partial charge in [0.1, 0.15) is 11.8 Å². The summed E-state index contributed by atoms with van der Waals surface area (Å²) in [5, 5.41) is 18.1. The minimum atomic E-state index is -0.315. The number of amides is 1. The highest BCUT2D eigenvalue weighted by atomic mass is 35.5. The molecule has 1 aromatic carbocycles. The third-order valence-electron chi connectivity index (χ3n) is 4.98. The summed E-state index contributed by atoms with van der Waals surface area (Å²) in [7, 11) is 0. The Hall–Kier alpha value is -2.95. The van der Waals surface area contributed by atoms with Gasteiger partial charge in [0, 0.05) is 16.8 Å². The lowest BCUT2D eigenvalue weighted by atomic mass is 10.0. The van der Waals surface area contributed by atoms with Crippen molar-refractivity contribution < 1.29 is 13.6 Å². The fourth-order valence-electron chi connectivity index (χ4n) is 3.46. The predicted octanol–water partition coefficient (Wildman–Crippen LogP) is 5.14. The van der Waals surface area contributed by atoms with Gasteiger partial charge < -0.3 is 8.83 Å². The molecule has 8 nitrogen and oxygen atoms in total. The number of thioether (sulfide) groups is 1. The molecule has 168 valence electrons. The molecule has 4 heterocycles. The first-order chi connectivity index (χ1) is 16.0. The second kappa shape index (κ2) is 9.50. The average molecular weight is 500 g/mol. The predicted molar refractivity (Wildman–Crippen MR) is 126 cm³/mol. The van der Waals surface area contributed by atoms with Gasteiger partial charge in [0.05, 0.1) is 34.9 Å². The van der Waals surface area contributed by atoms with E-state index in [0.29, 0.717) is 34.7 Å². The number of carbonyl (C=O) groups excluding carboxylic acids is 1. The van der Waals surface area contributed by atoms with Crippen LogP contribution in [0, 0.1) is 6.92 Å². The van der Waals surface area contributed by atoms with Crippen molar-refractivity contribution in [2.24, 2.45) is 5.10 Å². The first kappa shape index (κ1) is 21.9. The van der Waals surface area contributed by atoms with E-state index in [0.717, 1.165) is 22.0 Å². The highest BCUT2D eigenvalue weighted by molar-refractivity contribution is 7.99. The highest BCUT2D eigenvalue weighted by Gasteiger charge is 2.35. The maximum atomic E-state index is 13.1. The van der Waals surface area contributed by atoms with Crippen LogP contribution in [-0.4, -0.2) is 37.6 Å². The maximum Gasteiger partial charge on any atom is 0.277 e. The lowest BCUT2D eigenvalue weighted by molar-refractivity contribution is -0.130. The van der Waals surface area contributed by atoms with Crippen molar-refractivity contribution in [3.8, 4) is 0 Å². The van der Waals surface area contributed by atoms with Crippen LogP contribution < -0.4 is 0 Å². The summed E-state index contributed by atoms with van der Waals surface area (Å²) in [5.74, 6) is 1.07. The van der Waals surface area contributed by atoms with Gasteiger partial charge in [-0.25, -0.2) is 9.99 Å². The van der Waals surface area contributed by atoms with Gasteiger partial charge in [-0.3, -0.25) is 4.79 Å². The second-order valence-corrected chi connectivity index (χ2v) is 9.74. The second-order valence-electron chi connectivity index (χ2n) is 7.31. The number of halogens is 1. The van der Waals surface area contributed by atoms with Crippen molar-refractivity contribution >= 4 is 46.3 Å². The van der Waals surface area contributed by atoms with Crippen LogP contribution in [0.2, 0.25) is 5.02 Å². The first-order valence-electron chi connectivity index (χ1n) is 10.1. The van der Waals surface area contributed by atoms with Crippen LogP contribution in [0.15, 0.2) is 67.2 Å². The molecule has 33 heavy (non-hydrogen) atoms. The van der Waals surface area contributed by atoms with Crippen LogP contribution in [0.25, 0.3) is 0 Å². The minimum Gasteiger partial charge on any atom is -0.467 e. The van der Waals surface area contributed by atoms with Gasteiger partial charge in [0.2, 0.25) is 5.89 Å². The molecule has 0 unspecified atom stereocenters. The molecule has 1 aliphatic rings. The van der Waals surface area contributed by atoms with E-state index in [-0.39, 0.29) is 17.7 Å². The molecule has 0 fully saturated rings. The van der Waals surface area contributed by atoms with Crippen molar-refractivity contribution in [1.82, 2.24) is 20.2 Å². The van der Waals surface area contributed by atoms with Crippen LogP contribution in [0.5, 0.6) is 0 Å². The first-order valence-corrected chi connectivity index (χ1v) is 12.3. The molecule has 0 saturated carbocycles. The highest BCUT2D eigenvalue weighted by Crippen LogP contribution is 2.34. The average Bonchev–Trinajstić information content (AvgIpc) is 3.60. The Kier molecular flexibility index (Phi) is 6.30. The van der Waals surface area contributed by atoms with Crippen molar-refractivity contribution in [1.29, 1.82) is 0 Å². The van der Waals surface area contributed by atoms with E-state index in [1.165, 1.54) is 16.8 Å². The van der Waals surface area contributed by atoms with E-state index < -0.39 is 0 Å². The zero-order valence-electron chi connectivity index (χ0n) is 17.5.